The molecule has 5 N–H and O–H groups in total. The summed E-state index contributed by atoms with van der Waals surface area (Å²) in [5.41, 5.74) is 6.44. The molecule has 0 aliphatic heterocycles. The van der Waals surface area contributed by atoms with Gasteiger partial charge in [-0.15, -0.1) is 0 Å². The Morgan fingerprint density at radius 2 is 2.18 bits per heavy atom. The van der Waals surface area contributed by atoms with Gasteiger partial charge in [-0.25, -0.2) is 0 Å². The predicted molar refractivity (Wildman–Crippen MR) is 65.7 cm³/mol. The molecule has 0 radical (unpaired) electrons. The molecule has 1 rings (SSSR count). The maximum absolute atomic E-state index is 11.9. The monoisotopic (exact) mass is 240 g/mol. The number of anilines is 1. The molecule has 0 saturated carbocycles. The number of amides is 1. The SMILES string of the molecule is CC(C)c1[nH]nc(C(=O)NC(C)(C)CO)c1N. The van der Waals surface area contributed by atoms with E-state index in [4.69, 9.17) is 10.8 Å². The Morgan fingerprint density at radius 3 is 2.59 bits per heavy atom. The lowest BCUT2D eigenvalue weighted by molar-refractivity contribution is 0.0865. The van der Waals surface area contributed by atoms with Gasteiger partial charge in [0.05, 0.1) is 23.5 Å². The fourth-order valence-corrected chi connectivity index (χ4v) is 1.38. The van der Waals surface area contributed by atoms with Crippen molar-refractivity contribution in [3.63, 3.8) is 0 Å². The second-order valence-electron chi connectivity index (χ2n) is 5.05. The molecule has 0 aliphatic carbocycles. The van der Waals surface area contributed by atoms with Gasteiger partial charge in [0.25, 0.3) is 5.91 Å². The van der Waals surface area contributed by atoms with Crippen LogP contribution in [0.5, 0.6) is 0 Å². The zero-order valence-corrected chi connectivity index (χ0v) is 10.7. The Kier molecular flexibility index (Phi) is 3.77. The third-order valence-electron chi connectivity index (χ3n) is 2.47. The van der Waals surface area contributed by atoms with Gasteiger partial charge in [-0.2, -0.15) is 5.10 Å². The first-order valence-corrected chi connectivity index (χ1v) is 5.55. The average Bonchev–Trinajstić information content (AvgIpc) is 2.59. The molecular weight excluding hydrogens is 220 g/mol. The lowest BCUT2D eigenvalue weighted by atomic mass is 10.1. The molecule has 6 heteroatoms. The number of aliphatic hydroxyl groups excluding tert-OH is 1. The molecule has 6 nitrogen and oxygen atoms in total. The zero-order chi connectivity index (χ0) is 13.2. The third kappa shape index (κ3) is 2.97. The molecule has 0 atom stereocenters. The quantitative estimate of drug-likeness (QED) is 0.619. The normalized spacial score (nSPS) is 11.9. The van der Waals surface area contributed by atoms with Crippen LogP contribution in [0.2, 0.25) is 0 Å². The lowest BCUT2D eigenvalue weighted by Gasteiger charge is -2.22. The van der Waals surface area contributed by atoms with E-state index in [0.717, 1.165) is 5.69 Å². The zero-order valence-electron chi connectivity index (χ0n) is 10.7. The number of nitrogens with zero attached hydrogens (tertiary/aromatic N) is 1. The summed E-state index contributed by atoms with van der Waals surface area (Å²) in [5.74, 6) is -0.209. The van der Waals surface area contributed by atoms with Gasteiger partial charge in [-0.1, -0.05) is 13.8 Å². The summed E-state index contributed by atoms with van der Waals surface area (Å²) < 4.78 is 0. The molecule has 0 spiro atoms. The number of hydrogen-bond acceptors (Lipinski definition) is 4. The molecule has 1 amide bonds. The Hall–Kier alpha value is -1.56. The molecular formula is C11H20N4O2. The number of nitrogen functional groups attached to an aromatic ring is 1. The van der Waals surface area contributed by atoms with Crippen molar-refractivity contribution in [1.29, 1.82) is 0 Å². The van der Waals surface area contributed by atoms with Crippen LogP contribution in [0.3, 0.4) is 0 Å². The molecule has 0 unspecified atom stereocenters. The van der Waals surface area contributed by atoms with Gasteiger partial charge < -0.3 is 16.2 Å². The average molecular weight is 240 g/mol. The Morgan fingerprint density at radius 1 is 1.59 bits per heavy atom. The summed E-state index contributed by atoms with van der Waals surface area (Å²) in [6.07, 6.45) is 0. The second-order valence-corrected chi connectivity index (χ2v) is 5.05. The lowest BCUT2D eigenvalue weighted by Crippen LogP contribution is -2.46. The van der Waals surface area contributed by atoms with Gasteiger partial charge in [-0.3, -0.25) is 9.89 Å². The molecule has 0 aliphatic rings. The predicted octanol–water partition coefficient (Wildman–Crippen LogP) is 0.616. The molecule has 0 aromatic carbocycles. The molecule has 1 aromatic rings. The standard InChI is InChI=1S/C11H20N4O2/c1-6(2)8-7(12)9(15-14-8)10(17)13-11(3,4)5-16/h6,16H,5,12H2,1-4H3,(H,13,17)(H,14,15). The van der Waals surface area contributed by atoms with Crippen molar-refractivity contribution in [2.45, 2.75) is 39.2 Å². The van der Waals surface area contributed by atoms with Crippen LogP contribution in [0.25, 0.3) is 0 Å². The molecule has 96 valence electrons. The molecule has 0 fully saturated rings. The van der Waals surface area contributed by atoms with Crippen molar-refractivity contribution in [3.8, 4) is 0 Å². The van der Waals surface area contributed by atoms with Crippen LogP contribution in [0, 0.1) is 0 Å². The summed E-state index contributed by atoms with van der Waals surface area (Å²) in [7, 11) is 0. The number of aromatic amines is 1. The number of aliphatic hydroxyl groups is 1. The summed E-state index contributed by atoms with van der Waals surface area (Å²) in [6.45, 7) is 7.21. The van der Waals surface area contributed by atoms with E-state index >= 15 is 0 Å². The highest BCUT2D eigenvalue weighted by atomic mass is 16.3. The highest BCUT2D eigenvalue weighted by molar-refractivity contribution is 5.98. The minimum atomic E-state index is -0.694. The van der Waals surface area contributed by atoms with Crippen molar-refractivity contribution in [3.05, 3.63) is 11.4 Å². The first-order valence-electron chi connectivity index (χ1n) is 5.55. The van der Waals surface area contributed by atoms with Crippen LogP contribution in [0.1, 0.15) is 49.8 Å². The minimum absolute atomic E-state index is 0.153. The van der Waals surface area contributed by atoms with Gasteiger partial charge in [-0.05, 0) is 19.8 Å². The third-order valence-corrected chi connectivity index (χ3v) is 2.47. The van der Waals surface area contributed by atoms with Gasteiger partial charge in [0.15, 0.2) is 5.69 Å². The van der Waals surface area contributed by atoms with E-state index in [2.05, 4.69) is 15.5 Å². The van der Waals surface area contributed by atoms with Crippen LogP contribution in [-0.2, 0) is 0 Å². The summed E-state index contributed by atoms with van der Waals surface area (Å²) in [4.78, 5) is 11.9. The number of nitrogens with two attached hydrogens (primary N) is 1. The Labute approximate surface area is 101 Å². The summed E-state index contributed by atoms with van der Waals surface area (Å²) in [6, 6.07) is 0. The van der Waals surface area contributed by atoms with Crippen molar-refractivity contribution < 1.29 is 9.90 Å². The molecule has 0 saturated heterocycles. The number of carbonyl (C=O) groups excluding carboxylic acids is 1. The minimum Gasteiger partial charge on any atom is -0.395 e. The van der Waals surface area contributed by atoms with Crippen molar-refractivity contribution in [1.82, 2.24) is 15.5 Å². The Bertz CT molecular complexity index is 410. The summed E-state index contributed by atoms with van der Waals surface area (Å²) in [5, 5.41) is 18.4. The maximum atomic E-state index is 11.9. The van der Waals surface area contributed by atoms with Crippen LogP contribution >= 0.6 is 0 Å². The number of H-pyrrole nitrogens is 1. The highest BCUT2D eigenvalue weighted by Gasteiger charge is 2.24. The molecule has 1 heterocycles. The Balaban J connectivity index is 2.91. The first-order chi connectivity index (χ1) is 7.78. The fourth-order valence-electron chi connectivity index (χ4n) is 1.38. The smallest absolute Gasteiger partial charge is 0.274 e. The van der Waals surface area contributed by atoms with Crippen molar-refractivity contribution in [2.24, 2.45) is 0 Å². The number of carbonyl (C=O) groups is 1. The van der Waals surface area contributed by atoms with E-state index < -0.39 is 5.54 Å². The largest absolute Gasteiger partial charge is 0.395 e. The van der Waals surface area contributed by atoms with Crippen molar-refractivity contribution in [2.75, 3.05) is 12.3 Å². The molecule has 0 bridgehead atoms. The van der Waals surface area contributed by atoms with Crippen LogP contribution in [-0.4, -0.2) is 33.4 Å². The van der Waals surface area contributed by atoms with E-state index in [0.29, 0.717) is 5.69 Å². The van der Waals surface area contributed by atoms with E-state index in [1.54, 1.807) is 13.8 Å². The van der Waals surface area contributed by atoms with E-state index in [9.17, 15) is 4.79 Å². The van der Waals surface area contributed by atoms with Crippen molar-refractivity contribution >= 4 is 11.6 Å². The van der Waals surface area contributed by atoms with Gasteiger partial charge in [0.1, 0.15) is 0 Å². The molecule has 17 heavy (non-hydrogen) atoms. The van der Waals surface area contributed by atoms with E-state index in [1.807, 2.05) is 13.8 Å². The van der Waals surface area contributed by atoms with Crippen LogP contribution < -0.4 is 11.1 Å². The highest BCUT2D eigenvalue weighted by Crippen LogP contribution is 2.22. The first kappa shape index (κ1) is 13.5. The molecule has 1 aromatic heterocycles. The van der Waals surface area contributed by atoms with Gasteiger partial charge >= 0.3 is 0 Å². The van der Waals surface area contributed by atoms with E-state index in [-0.39, 0.29) is 24.1 Å². The number of rotatable bonds is 4. The fraction of sp³-hybridized carbons (Fsp3) is 0.636. The maximum Gasteiger partial charge on any atom is 0.274 e. The second kappa shape index (κ2) is 4.75. The number of nitrogens with one attached hydrogen (secondary N) is 2. The number of aromatic nitrogens is 2. The number of hydrogen-bond donors (Lipinski definition) is 4. The van der Waals surface area contributed by atoms with Gasteiger partial charge in [0.2, 0.25) is 0 Å². The van der Waals surface area contributed by atoms with Crippen LogP contribution in [0.4, 0.5) is 5.69 Å². The van der Waals surface area contributed by atoms with Gasteiger partial charge in [0, 0.05) is 0 Å². The summed E-state index contributed by atoms with van der Waals surface area (Å²) >= 11 is 0. The van der Waals surface area contributed by atoms with Crippen LogP contribution in [0.15, 0.2) is 0 Å². The topological polar surface area (TPSA) is 104 Å². The van der Waals surface area contributed by atoms with E-state index in [1.165, 1.54) is 0 Å².